The van der Waals surface area contributed by atoms with Crippen molar-refractivity contribution in [3.8, 4) is 11.5 Å². The van der Waals surface area contributed by atoms with Crippen LogP contribution in [0.15, 0.2) is 40.9 Å². The number of carbonyl (C=O) groups excluding carboxylic acids is 2. The van der Waals surface area contributed by atoms with E-state index in [9.17, 15) is 9.59 Å². The van der Waals surface area contributed by atoms with Crippen molar-refractivity contribution in [2.45, 2.75) is 33.8 Å². The molecule has 144 valence electrons. The summed E-state index contributed by atoms with van der Waals surface area (Å²) >= 11 is 3.38. The summed E-state index contributed by atoms with van der Waals surface area (Å²) in [4.78, 5) is 24.1. The van der Waals surface area contributed by atoms with Gasteiger partial charge in [-0.2, -0.15) is 0 Å². The molecule has 2 aromatic rings. The molecule has 0 saturated heterocycles. The van der Waals surface area contributed by atoms with Crippen LogP contribution < -0.4 is 20.3 Å². The van der Waals surface area contributed by atoms with E-state index < -0.39 is 11.8 Å². The zero-order valence-electron chi connectivity index (χ0n) is 15.8. The molecule has 0 unspecified atom stereocenters. The fourth-order valence-corrected chi connectivity index (χ4v) is 2.86. The van der Waals surface area contributed by atoms with Gasteiger partial charge in [0.15, 0.2) is 6.61 Å². The predicted octanol–water partition coefficient (Wildman–Crippen LogP) is 3.69. The highest BCUT2D eigenvalue weighted by Gasteiger charge is 2.12. The Hall–Kier alpha value is -2.54. The van der Waals surface area contributed by atoms with Crippen LogP contribution in [0, 0.1) is 13.8 Å². The number of nitrogens with one attached hydrogen (secondary N) is 2. The number of hydrazine groups is 1. The van der Waals surface area contributed by atoms with E-state index in [0.717, 1.165) is 11.1 Å². The third-order valence-electron chi connectivity index (χ3n) is 3.63. The number of rotatable bonds is 6. The van der Waals surface area contributed by atoms with Crippen LogP contribution in [0.25, 0.3) is 0 Å². The average Bonchev–Trinajstić information content (AvgIpc) is 2.60. The first-order chi connectivity index (χ1) is 12.8. The van der Waals surface area contributed by atoms with Gasteiger partial charge in [-0.15, -0.1) is 0 Å². The Balaban J connectivity index is 1.88. The standard InChI is InChI=1S/C20H23BrN2O4/c1-12(2)27-17-9-8-15(10-16(17)21)20(25)23-22-18(24)11-26-19-13(3)6-5-7-14(19)4/h5-10,12H,11H2,1-4H3,(H,22,24)(H,23,25). The fourth-order valence-electron chi connectivity index (χ4n) is 2.39. The maximum atomic E-state index is 12.2. The van der Waals surface area contributed by atoms with Gasteiger partial charge >= 0.3 is 0 Å². The van der Waals surface area contributed by atoms with Crippen molar-refractivity contribution < 1.29 is 19.1 Å². The molecule has 2 N–H and O–H groups in total. The number of hydrogen-bond donors (Lipinski definition) is 2. The van der Waals surface area contributed by atoms with E-state index >= 15 is 0 Å². The number of hydrogen-bond acceptors (Lipinski definition) is 4. The molecule has 0 aliphatic heterocycles. The van der Waals surface area contributed by atoms with Gasteiger partial charge < -0.3 is 9.47 Å². The van der Waals surface area contributed by atoms with Crippen molar-refractivity contribution in [2.24, 2.45) is 0 Å². The normalized spacial score (nSPS) is 10.4. The van der Waals surface area contributed by atoms with Gasteiger partial charge in [0.1, 0.15) is 11.5 Å². The molecule has 0 heterocycles. The van der Waals surface area contributed by atoms with Crippen molar-refractivity contribution in [2.75, 3.05) is 6.61 Å². The third kappa shape index (κ3) is 5.99. The van der Waals surface area contributed by atoms with E-state index in [0.29, 0.717) is 21.5 Å². The largest absolute Gasteiger partial charge is 0.490 e. The molecule has 0 radical (unpaired) electrons. The van der Waals surface area contributed by atoms with E-state index in [-0.39, 0.29) is 12.7 Å². The van der Waals surface area contributed by atoms with Crippen LogP contribution >= 0.6 is 15.9 Å². The minimum atomic E-state index is -0.454. The van der Waals surface area contributed by atoms with E-state index in [2.05, 4.69) is 26.8 Å². The van der Waals surface area contributed by atoms with Crippen molar-refractivity contribution in [3.05, 3.63) is 57.6 Å². The molecule has 0 fully saturated rings. The van der Waals surface area contributed by atoms with E-state index in [1.54, 1.807) is 18.2 Å². The van der Waals surface area contributed by atoms with E-state index in [1.807, 2.05) is 45.9 Å². The SMILES string of the molecule is Cc1cccc(C)c1OCC(=O)NNC(=O)c1ccc(OC(C)C)c(Br)c1. The second kappa shape index (κ2) is 9.41. The molecule has 0 atom stereocenters. The molecule has 0 spiro atoms. The van der Waals surface area contributed by atoms with Crippen LogP contribution in [0.4, 0.5) is 0 Å². The van der Waals surface area contributed by atoms with E-state index in [4.69, 9.17) is 9.47 Å². The number of benzene rings is 2. The molecule has 2 aromatic carbocycles. The summed E-state index contributed by atoms with van der Waals surface area (Å²) in [6, 6.07) is 10.7. The lowest BCUT2D eigenvalue weighted by Crippen LogP contribution is -2.43. The Morgan fingerprint density at radius 1 is 1.07 bits per heavy atom. The van der Waals surface area contributed by atoms with Gasteiger partial charge in [0.05, 0.1) is 10.6 Å². The van der Waals surface area contributed by atoms with Crippen molar-refractivity contribution in [3.63, 3.8) is 0 Å². The number of carbonyl (C=O) groups is 2. The highest BCUT2D eigenvalue weighted by atomic mass is 79.9. The molecule has 0 bridgehead atoms. The molecule has 0 aliphatic rings. The van der Waals surface area contributed by atoms with Gasteiger partial charge in [0, 0.05) is 5.56 Å². The van der Waals surface area contributed by atoms with Crippen LogP contribution in [-0.4, -0.2) is 24.5 Å². The van der Waals surface area contributed by atoms with Crippen LogP contribution in [0.2, 0.25) is 0 Å². The quantitative estimate of drug-likeness (QED) is 0.679. The molecule has 6 nitrogen and oxygen atoms in total. The zero-order valence-corrected chi connectivity index (χ0v) is 17.3. The Labute approximate surface area is 167 Å². The highest BCUT2D eigenvalue weighted by molar-refractivity contribution is 9.10. The Morgan fingerprint density at radius 2 is 1.74 bits per heavy atom. The smallest absolute Gasteiger partial charge is 0.276 e. The molecule has 0 saturated carbocycles. The van der Waals surface area contributed by atoms with Gasteiger partial charge in [0.2, 0.25) is 0 Å². The first-order valence-electron chi connectivity index (χ1n) is 8.52. The Bertz CT molecular complexity index is 816. The first-order valence-corrected chi connectivity index (χ1v) is 9.31. The lowest BCUT2D eigenvalue weighted by molar-refractivity contribution is -0.123. The lowest BCUT2D eigenvalue weighted by atomic mass is 10.1. The molecular weight excluding hydrogens is 412 g/mol. The monoisotopic (exact) mass is 434 g/mol. The van der Waals surface area contributed by atoms with Crippen molar-refractivity contribution in [1.82, 2.24) is 10.9 Å². The average molecular weight is 435 g/mol. The summed E-state index contributed by atoms with van der Waals surface area (Å²) in [5.41, 5.74) is 6.99. The minimum Gasteiger partial charge on any atom is -0.490 e. The molecule has 27 heavy (non-hydrogen) atoms. The number of aryl methyl sites for hydroxylation is 2. The van der Waals surface area contributed by atoms with Crippen molar-refractivity contribution >= 4 is 27.7 Å². The van der Waals surface area contributed by atoms with Crippen LogP contribution in [0.5, 0.6) is 11.5 Å². The van der Waals surface area contributed by atoms with Gasteiger partial charge in [0.25, 0.3) is 11.8 Å². The predicted molar refractivity (Wildman–Crippen MR) is 107 cm³/mol. The summed E-state index contributed by atoms with van der Waals surface area (Å²) in [7, 11) is 0. The highest BCUT2D eigenvalue weighted by Crippen LogP contribution is 2.27. The van der Waals surface area contributed by atoms with Gasteiger partial charge in [-0.25, -0.2) is 0 Å². The number of para-hydroxylation sites is 1. The molecule has 2 rings (SSSR count). The molecule has 7 heteroatoms. The zero-order chi connectivity index (χ0) is 20.0. The Morgan fingerprint density at radius 3 is 2.33 bits per heavy atom. The second-order valence-corrected chi connectivity index (χ2v) is 7.18. The first kappa shape index (κ1) is 20.8. The molecule has 0 aliphatic carbocycles. The number of halogens is 1. The lowest BCUT2D eigenvalue weighted by Gasteiger charge is -2.13. The summed E-state index contributed by atoms with van der Waals surface area (Å²) in [5.74, 6) is 0.424. The van der Waals surface area contributed by atoms with E-state index in [1.165, 1.54) is 0 Å². The third-order valence-corrected chi connectivity index (χ3v) is 4.25. The summed E-state index contributed by atoms with van der Waals surface area (Å²) in [6.07, 6.45) is 0.0251. The maximum absolute atomic E-state index is 12.2. The summed E-state index contributed by atoms with van der Waals surface area (Å²) in [5, 5.41) is 0. The summed E-state index contributed by atoms with van der Waals surface area (Å²) in [6.45, 7) is 7.46. The summed E-state index contributed by atoms with van der Waals surface area (Å²) < 4.78 is 11.8. The molecule has 0 aromatic heterocycles. The minimum absolute atomic E-state index is 0.0251. The maximum Gasteiger partial charge on any atom is 0.276 e. The van der Waals surface area contributed by atoms with Gasteiger partial charge in [-0.1, -0.05) is 18.2 Å². The topological polar surface area (TPSA) is 76.7 Å². The second-order valence-electron chi connectivity index (χ2n) is 6.32. The van der Waals surface area contributed by atoms with Gasteiger partial charge in [-0.3, -0.25) is 20.4 Å². The van der Waals surface area contributed by atoms with Crippen LogP contribution in [0.1, 0.15) is 35.3 Å². The van der Waals surface area contributed by atoms with Crippen molar-refractivity contribution in [1.29, 1.82) is 0 Å². The number of ether oxygens (including phenoxy) is 2. The van der Waals surface area contributed by atoms with Crippen LogP contribution in [-0.2, 0) is 4.79 Å². The number of amides is 2. The molecular formula is C20H23BrN2O4. The fraction of sp³-hybridized carbons (Fsp3) is 0.300. The Kier molecular flexibility index (Phi) is 7.24. The molecule has 2 amide bonds. The van der Waals surface area contributed by atoms with Crippen LogP contribution in [0.3, 0.4) is 0 Å². The van der Waals surface area contributed by atoms with Gasteiger partial charge in [-0.05, 0) is 73.0 Å².